The minimum atomic E-state index is 0.574. The smallest absolute Gasteiger partial charge is 0.164 e. The van der Waals surface area contributed by atoms with Crippen molar-refractivity contribution in [3.05, 3.63) is 333 Å². The molecule has 1 aliphatic carbocycles. The number of hydrogen-bond acceptors (Lipinski definition) is 12. The number of allylic oxidation sites excluding steroid dienone is 4. The third kappa shape index (κ3) is 10.5. The van der Waals surface area contributed by atoms with Crippen LogP contribution in [0.4, 0.5) is 0 Å². The van der Waals surface area contributed by atoms with Crippen molar-refractivity contribution >= 4 is 175 Å². The van der Waals surface area contributed by atoms with Gasteiger partial charge in [-0.2, -0.15) is 0 Å². The molecule has 12 heteroatoms. The highest BCUT2D eigenvalue weighted by Crippen LogP contribution is 2.52. The van der Waals surface area contributed by atoms with E-state index in [1.54, 1.807) is 11.3 Å². The van der Waals surface area contributed by atoms with Crippen molar-refractivity contribution in [3.63, 3.8) is 0 Å². The number of benzene rings is 15. The maximum atomic E-state index is 7.46. The molecule has 532 valence electrons. The van der Waals surface area contributed by atoms with Gasteiger partial charge in [0, 0.05) is 158 Å². The lowest BCUT2D eigenvalue weighted by atomic mass is 9.93. The summed E-state index contributed by atoms with van der Waals surface area (Å²) in [7, 11) is 0. The van der Waals surface area contributed by atoms with Crippen molar-refractivity contribution in [2.24, 2.45) is 0 Å². The van der Waals surface area contributed by atoms with Crippen molar-refractivity contribution in [1.29, 1.82) is 0 Å². The molecule has 0 fully saturated rings. The fourth-order valence-corrected chi connectivity index (χ4v) is 22.3. The summed E-state index contributed by atoms with van der Waals surface area (Å²) in [5, 5.41) is 14.1. The van der Waals surface area contributed by atoms with Gasteiger partial charge in [-0.05, 0) is 113 Å². The number of aromatic nitrogens is 6. The molecule has 0 bridgehead atoms. The average Bonchev–Trinajstić information content (AvgIpc) is 1.57. The van der Waals surface area contributed by atoms with Gasteiger partial charge >= 0.3 is 0 Å². The minimum Gasteiger partial charge on any atom is -0.456 e. The molecule has 0 unspecified atom stereocenters. The Labute approximate surface area is 667 Å². The number of nitrogens with zero attached hydrogens (tertiary/aromatic N) is 6. The van der Waals surface area contributed by atoms with Gasteiger partial charge in [0.1, 0.15) is 22.3 Å². The van der Waals surface area contributed by atoms with Crippen LogP contribution >= 0.6 is 45.3 Å². The molecule has 23 aromatic rings. The average molecular weight is 1530 g/mol. The van der Waals surface area contributed by atoms with Gasteiger partial charge in [-0.1, -0.05) is 261 Å². The van der Waals surface area contributed by atoms with Crippen LogP contribution in [0.15, 0.2) is 336 Å². The summed E-state index contributed by atoms with van der Waals surface area (Å²) in [5.41, 5.74) is 20.0. The Hall–Kier alpha value is -13.7. The first kappa shape index (κ1) is 65.0. The molecule has 0 aliphatic heterocycles. The molecule has 0 saturated heterocycles. The summed E-state index contributed by atoms with van der Waals surface area (Å²) in [6.07, 6.45) is 8.52. The fraction of sp³-hybridized carbons (Fsp3) is 0.0196. The molecule has 0 atom stereocenters. The Morgan fingerprint density at radius 3 is 1.25 bits per heavy atom. The molecule has 0 spiro atoms. The van der Waals surface area contributed by atoms with E-state index in [9.17, 15) is 0 Å². The second kappa shape index (κ2) is 25.9. The number of hydrogen-bond donors (Lipinski definition) is 0. The van der Waals surface area contributed by atoms with E-state index in [0.717, 1.165) is 150 Å². The van der Waals surface area contributed by atoms with Crippen LogP contribution in [-0.4, -0.2) is 29.9 Å². The van der Waals surface area contributed by atoms with Gasteiger partial charge in [0.15, 0.2) is 34.9 Å². The third-order valence-corrected chi connectivity index (χ3v) is 27.5. The number of para-hydroxylation sites is 1. The first-order chi connectivity index (χ1) is 56.4. The third-order valence-electron chi connectivity index (χ3n) is 22.6. The van der Waals surface area contributed by atoms with Gasteiger partial charge in [-0.25, -0.2) is 29.9 Å². The van der Waals surface area contributed by atoms with Crippen molar-refractivity contribution in [1.82, 2.24) is 29.9 Å². The van der Waals surface area contributed by atoms with Gasteiger partial charge < -0.3 is 8.83 Å². The lowest BCUT2D eigenvalue weighted by Gasteiger charge is -2.11. The van der Waals surface area contributed by atoms with Crippen LogP contribution in [0.3, 0.4) is 0 Å². The number of furan rings is 2. The lowest BCUT2D eigenvalue weighted by Crippen LogP contribution is -2.03. The summed E-state index contributed by atoms with van der Waals surface area (Å²) >= 11 is 7.30. The van der Waals surface area contributed by atoms with E-state index in [2.05, 4.69) is 291 Å². The van der Waals surface area contributed by atoms with E-state index in [1.807, 2.05) is 70.4 Å². The van der Waals surface area contributed by atoms with E-state index in [1.165, 1.54) is 76.9 Å². The second-order valence-electron chi connectivity index (χ2n) is 29.3. The van der Waals surface area contributed by atoms with Crippen molar-refractivity contribution in [3.8, 4) is 113 Å². The van der Waals surface area contributed by atoms with Crippen LogP contribution in [0.1, 0.15) is 18.7 Å². The number of thiophene rings is 4. The highest BCUT2D eigenvalue weighted by molar-refractivity contribution is 7.27. The van der Waals surface area contributed by atoms with E-state index in [0.29, 0.717) is 34.9 Å². The van der Waals surface area contributed by atoms with E-state index >= 15 is 0 Å². The molecular formula is C102H58N6O2S4. The first-order valence-electron chi connectivity index (χ1n) is 38.2. The van der Waals surface area contributed by atoms with Crippen LogP contribution in [-0.2, 0) is 0 Å². The maximum Gasteiger partial charge on any atom is 0.164 e. The maximum absolute atomic E-state index is 7.46. The van der Waals surface area contributed by atoms with Crippen LogP contribution in [0, 0.1) is 0 Å². The molecule has 0 amide bonds. The monoisotopic (exact) mass is 1530 g/mol. The molecular weight excluding hydrogens is 1470 g/mol. The Balaban J connectivity index is 0.623. The predicted molar refractivity (Wildman–Crippen MR) is 480 cm³/mol. The van der Waals surface area contributed by atoms with Crippen molar-refractivity contribution < 1.29 is 8.83 Å². The van der Waals surface area contributed by atoms with Crippen LogP contribution < -0.4 is 0 Å². The quantitative estimate of drug-likeness (QED) is 0.126. The minimum absolute atomic E-state index is 0.574. The van der Waals surface area contributed by atoms with Gasteiger partial charge in [-0.3, -0.25) is 0 Å². The molecule has 15 aromatic carbocycles. The molecule has 1 aliphatic rings. The van der Waals surface area contributed by atoms with Crippen LogP contribution in [0.5, 0.6) is 0 Å². The molecule has 0 saturated carbocycles. The summed E-state index contributed by atoms with van der Waals surface area (Å²) in [6, 6.07) is 111. The Morgan fingerprint density at radius 2 is 0.649 bits per heavy atom. The van der Waals surface area contributed by atoms with Gasteiger partial charge in [0.25, 0.3) is 0 Å². The van der Waals surface area contributed by atoms with Crippen LogP contribution in [0.2, 0.25) is 0 Å². The fourth-order valence-electron chi connectivity index (χ4n) is 17.3. The van der Waals surface area contributed by atoms with Crippen LogP contribution in [0.25, 0.3) is 243 Å². The highest BCUT2D eigenvalue weighted by atomic mass is 32.1. The summed E-state index contributed by atoms with van der Waals surface area (Å²) in [5.74, 6) is 3.74. The predicted octanol–water partition coefficient (Wildman–Crippen LogP) is 29.7. The zero-order chi connectivity index (χ0) is 74.6. The molecule has 8 heterocycles. The highest BCUT2D eigenvalue weighted by Gasteiger charge is 2.26. The van der Waals surface area contributed by atoms with Crippen molar-refractivity contribution in [2.45, 2.75) is 12.8 Å². The molecule has 114 heavy (non-hydrogen) atoms. The second-order valence-corrected chi connectivity index (χ2v) is 33.5. The molecule has 8 aromatic heterocycles. The molecule has 0 radical (unpaired) electrons. The van der Waals surface area contributed by atoms with E-state index in [-0.39, 0.29) is 0 Å². The summed E-state index contributed by atoms with van der Waals surface area (Å²) < 4.78 is 24.0. The molecule has 8 nitrogen and oxygen atoms in total. The van der Waals surface area contributed by atoms with E-state index in [4.69, 9.17) is 38.7 Å². The number of fused-ring (bicyclic) bond motifs is 18. The Bertz CT molecular complexity index is 8080. The lowest BCUT2D eigenvalue weighted by molar-refractivity contribution is 0.669. The zero-order valence-corrected chi connectivity index (χ0v) is 64.0. The van der Waals surface area contributed by atoms with Gasteiger partial charge in [-0.15, -0.1) is 45.3 Å². The van der Waals surface area contributed by atoms with Gasteiger partial charge in [0.2, 0.25) is 0 Å². The number of rotatable bonds is 11. The Kier molecular flexibility index (Phi) is 14.8. The van der Waals surface area contributed by atoms with Gasteiger partial charge in [0.05, 0.1) is 0 Å². The van der Waals surface area contributed by atoms with Crippen molar-refractivity contribution in [2.75, 3.05) is 0 Å². The van der Waals surface area contributed by atoms with E-state index < -0.39 is 0 Å². The molecule has 24 rings (SSSR count). The standard InChI is InChI=1S/C102H58N6O2S4/c1-4-21-57(22-5-1)97-103-98(58-23-6-2-7-24-58)106-101(105-97)63-44-46-69-75-35-18-37-77(94(75)113-88(69)55-63)71-49-50-72(78-38-19-34-74-68-30-12-15-42-87(68)112-95(74)78)92-91(71)81-48-43-61(53-84(81)110-92)60-27-16-28-62(51-60)100-104-99(59-25-8-3-9-26-59)107-102(108-100)64-45-47-70-76-36-20-39-79(96(76)114-89(70)56-64)82-52-65(54-85-90(82)80-31-10-13-40-83(80)109-85)66-32-17-33-73-67-29-11-14-41-86(67)111-93(66)73/h1,3-6,8-56H,2,7H2. The first-order valence-corrected chi connectivity index (χ1v) is 41.5. The topological polar surface area (TPSA) is 104 Å². The molecule has 0 N–H and O–H groups in total. The summed E-state index contributed by atoms with van der Waals surface area (Å²) in [6.45, 7) is 0. The summed E-state index contributed by atoms with van der Waals surface area (Å²) in [4.78, 5) is 31.3. The Morgan fingerprint density at radius 1 is 0.228 bits per heavy atom. The SMILES string of the molecule is C1=CC(c2nc(-c3ccccc3)nc(-c3ccc4c(c3)sc3c(-c5ccc(-c6cccc7c6sc6ccccc67)c6oc7cc(-c8cccc(-c9nc(-c%10ccccc%10)nc(-c%10ccc%11c(c%10)sc%10c(-c%12cc(-c%13cccc%14c%13sc%13ccccc%13%14)cc%13oc%14ccccc%14c%12%13)cccc%10%11)n9)c8)ccc7c56)cccc34)n2)=CCC1. The largest absolute Gasteiger partial charge is 0.456 e. The normalized spacial score (nSPS) is 12.7. The zero-order valence-electron chi connectivity index (χ0n) is 60.7.